The minimum absolute atomic E-state index is 0.410. The first kappa shape index (κ1) is 11.7. The minimum atomic E-state index is 0.410. The molecule has 2 heterocycles. The molecule has 0 aromatic heterocycles. The van der Waals surface area contributed by atoms with Gasteiger partial charge in [-0.2, -0.15) is 11.8 Å². The highest BCUT2D eigenvalue weighted by molar-refractivity contribution is 7.99. The Bertz CT molecular complexity index is 200. The number of rotatable bonds is 1. The summed E-state index contributed by atoms with van der Waals surface area (Å²) in [7, 11) is 0. The molecule has 3 heteroatoms. The van der Waals surface area contributed by atoms with Gasteiger partial charge in [-0.25, -0.2) is 0 Å². The van der Waals surface area contributed by atoms with Crippen molar-refractivity contribution >= 4 is 11.8 Å². The standard InChI is InChI=1S/C12H24N2S/c1-9-6-11(13)8-14(7-9)12-4-3-5-15-10(12)2/h9-12H,3-8,13H2,1-2H3. The molecule has 4 atom stereocenters. The maximum Gasteiger partial charge on any atom is 0.0213 e. The van der Waals surface area contributed by atoms with E-state index in [9.17, 15) is 0 Å². The van der Waals surface area contributed by atoms with Crippen LogP contribution in [0.1, 0.15) is 33.1 Å². The van der Waals surface area contributed by atoms with Gasteiger partial charge in [0.2, 0.25) is 0 Å². The molecule has 2 aliphatic rings. The second kappa shape index (κ2) is 5.07. The van der Waals surface area contributed by atoms with E-state index in [2.05, 4.69) is 30.5 Å². The predicted molar refractivity (Wildman–Crippen MR) is 68.3 cm³/mol. The van der Waals surface area contributed by atoms with Crippen molar-refractivity contribution in [3.63, 3.8) is 0 Å². The van der Waals surface area contributed by atoms with Crippen LogP contribution in [-0.4, -0.2) is 41.1 Å². The summed E-state index contributed by atoms with van der Waals surface area (Å²) in [6, 6.07) is 1.20. The van der Waals surface area contributed by atoms with E-state index in [1.165, 1.54) is 31.6 Å². The van der Waals surface area contributed by atoms with Gasteiger partial charge in [0.25, 0.3) is 0 Å². The van der Waals surface area contributed by atoms with E-state index in [1.807, 2.05) is 0 Å². The maximum absolute atomic E-state index is 6.12. The largest absolute Gasteiger partial charge is 0.327 e. The lowest BCUT2D eigenvalue weighted by Crippen LogP contribution is -2.53. The first-order chi connectivity index (χ1) is 7.16. The molecular weight excluding hydrogens is 204 g/mol. The SMILES string of the molecule is CC1CC(N)CN(C2CCCSC2C)C1. The van der Waals surface area contributed by atoms with Gasteiger partial charge in [-0.3, -0.25) is 4.90 Å². The van der Waals surface area contributed by atoms with E-state index in [1.54, 1.807) is 0 Å². The predicted octanol–water partition coefficient (Wildman–Crippen LogP) is 1.94. The van der Waals surface area contributed by atoms with Gasteiger partial charge in [-0.15, -0.1) is 0 Å². The smallest absolute Gasteiger partial charge is 0.0213 e. The highest BCUT2D eigenvalue weighted by Crippen LogP contribution is 2.31. The number of thioether (sulfide) groups is 1. The second-order valence-electron chi connectivity index (χ2n) is 5.34. The van der Waals surface area contributed by atoms with E-state index >= 15 is 0 Å². The Morgan fingerprint density at radius 3 is 2.73 bits per heavy atom. The molecule has 0 aromatic rings. The van der Waals surface area contributed by atoms with Crippen LogP contribution in [0.5, 0.6) is 0 Å². The number of piperidine rings is 1. The molecule has 2 saturated heterocycles. The molecule has 0 saturated carbocycles. The molecule has 0 amide bonds. The molecule has 0 spiro atoms. The van der Waals surface area contributed by atoms with Crippen LogP contribution in [0.4, 0.5) is 0 Å². The average Bonchev–Trinajstić information content (AvgIpc) is 2.16. The van der Waals surface area contributed by atoms with Crippen molar-refractivity contribution in [2.45, 2.75) is 50.4 Å². The van der Waals surface area contributed by atoms with Crippen LogP contribution >= 0.6 is 11.8 Å². The lowest BCUT2D eigenvalue weighted by molar-refractivity contribution is 0.108. The quantitative estimate of drug-likeness (QED) is 0.744. The lowest BCUT2D eigenvalue weighted by atomic mass is 9.93. The van der Waals surface area contributed by atoms with Gasteiger partial charge in [-0.1, -0.05) is 13.8 Å². The first-order valence-corrected chi connectivity index (χ1v) is 7.33. The monoisotopic (exact) mass is 228 g/mol. The van der Waals surface area contributed by atoms with Crippen molar-refractivity contribution in [3.05, 3.63) is 0 Å². The Labute approximate surface area is 98.0 Å². The third-order valence-corrected chi connectivity index (χ3v) is 5.12. The third-order valence-electron chi connectivity index (χ3n) is 3.76. The zero-order chi connectivity index (χ0) is 10.8. The summed E-state index contributed by atoms with van der Waals surface area (Å²) >= 11 is 2.14. The van der Waals surface area contributed by atoms with Gasteiger partial charge in [-0.05, 0) is 30.9 Å². The molecule has 2 N–H and O–H groups in total. The summed E-state index contributed by atoms with van der Waals surface area (Å²) < 4.78 is 0. The zero-order valence-corrected chi connectivity index (χ0v) is 10.8. The van der Waals surface area contributed by atoms with Crippen molar-refractivity contribution in [3.8, 4) is 0 Å². The normalized spacial score (nSPS) is 44.2. The summed E-state index contributed by atoms with van der Waals surface area (Å²) in [5, 5.41) is 0.802. The van der Waals surface area contributed by atoms with Gasteiger partial charge in [0.15, 0.2) is 0 Å². The molecule has 2 fully saturated rings. The summed E-state index contributed by atoms with van der Waals surface area (Å²) in [5.41, 5.74) is 6.12. The Hall–Kier alpha value is 0.270. The zero-order valence-electron chi connectivity index (χ0n) is 9.98. The van der Waals surface area contributed by atoms with Crippen molar-refractivity contribution in [2.75, 3.05) is 18.8 Å². The lowest BCUT2D eigenvalue weighted by Gasteiger charge is -2.43. The molecule has 2 aliphatic heterocycles. The number of hydrogen-bond donors (Lipinski definition) is 1. The van der Waals surface area contributed by atoms with Crippen LogP contribution in [0.3, 0.4) is 0 Å². The Balaban J connectivity index is 1.95. The molecule has 4 unspecified atom stereocenters. The minimum Gasteiger partial charge on any atom is -0.327 e. The number of likely N-dealkylation sites (tertiary alicyclic amines) is 1. The molecule has 15 heavy (non-hydrogen) atoms. The Kier molecular flexibility index (Phi) is 3.97. The highest BCUT2D eigenvalue weighted by Gasteiger charge is 2.32. The van der Waals surface area contributed by atoms with Crippen LogP contribution in [0.2, 0.25) is 0 Å². The average molecular weight is 228 g/mol. The van der Waals surface area contributed by atoms with Crippen LogP contribution in [0.15, 0.2) is 0 Å². The molecule has 2 nitrogen and oxygen atoms in total. The third kappa shape index (κ3) is 2.89. The molecule has 0 aliphatic carbocycles. The second-order valence-corrected chi connectivity index (χ2v) is 6.83. The summed E-state index contributed by atoms with van der Waals surface area (Å²) in [6.07, 6.45) is 3.98. The molecule has 0 radical (unpaired) electrons. The molecule has 0 aromatic carbocycles. The van der Waals surface area contributed by atoms with Crippen molar-refractivity contribution in [1.29, 1.82) is 0 Å². The van der Waals surface area contributed by atoms with E-state index < -0.39 is 0 Å². The van der Waals surface area contributed by atoms with Gasteiger partial charge in [0.05, 0.1) is 0 Å². The fraction of sp³-hybridized carbons (Fsp3) is 1.00. The fourth-order valence-electron chi connectivity index (χ4n) is 3.10. The van der Waals surface area contributed by atoms with Crippen LogP contribution in [0.25, 0.3) is 0 Å². The molecular formula is C12H24N2S. The van der Waals surface area contributed by atoms with E-state index in [-0.39, 0.29) is 0 Å². The molecule has 88 valence electrons. The topological polar surface area (TPSA) is 29.3 Å². The molecule has 0 bridgehead atoms. The van der Waals surface area contributed by atoms with Crippen molar-refractivity contribution < 1.29 is 0 Å². The van der Waals surface area contributed by atoms with E-state index in [4.69, 9.17) is 5.73 Å². The summed E-state index contributed by atoms with van der Waals surface area (Å²) in [5.74, 6) is 2.14. The molecule has 2 rings (SSSR count). The van der Waals surface area contributed by atoms with Crippen LogP contribution < -0.4 is 5.73 Å². The van der Waals surface area contributed by atoms with Crippen molar-refractivity contribution in [1.82, 2.24) is 4.90 Å². The maximum atomic E-state index is 6.12. The summed E-state index contributed by atoms with van der Waals surface area (Å²) in [4.78, 5) is 2.66. The number of hydrogen-bond acceptors (Lipinski definition) is 3. The number of nitrogens with two attached hydrogens (primary N) is 1. The first-order valence-electron chi connectivity index (χ1n) is 6.28. The van der Waals surface area contributed by atoms with Crippen LogP contribution in [0, 0.1) is 5.92 Å². The van der Waals surface area contributed by atoms with E-state index in [0.717, 1.165) is 23.8 Å². The number of nitrogens with zero attached hydrogens (tertiary/aromatic N) is 1. The van der Waals surface area contributed by atoms with Crippen LogP contribution in [-0.2, 0) is 0 Å². The van der Waals surface area contributed by atoms with Crippen molar-refractivity contribution in [2.24, 2.45) is 11.7 Å². The van der Waals surface area contributed by atoms with Gasteiger partial charge >= 0.3 is 0 Å². The fourth-order valence-corrected chi connectivity index (χ4v) is 4.34. The van der Waals surface area contributed by atoms with Gasteiger partial charge < -0.3 is 5.73 Å². The Morgan fingerprint density at radius 1 is 1.27 bits per heavy atom. The van der Waals surface area contributed by atoms with E-state index in [0.29, 0.717) is 6.04 Å². The summed E-state index contributed by atoms with van der Waals surface area (Å²) in [6.45, 7) is 7.12. The van der Waals surface area contributed by atoms with Gasteiger partial charge in [0, 0.05) is 30.4 Å². The van der Waals surface area contributed by atoms with Gasteiger partial charge in [0.1, 0.15) is 0 Å². The highest BCUT2D eigenvalue weighted by atomic mass is 32.2. The Morgan fingerprint density at radius 2 is 2.07 bits per heavy atom.